The van der Waals surface area contributed by atoms with E-state index in [0.717, 1.165) is 32.0 Å². The van der Waals surface area contributed by atoms with Crippen molar-refractivity contribution in [3.63, 3.8) is 0 Å². The van der Waals surface area contributed by atoms with Gasteiger partial charge in [-0.2, -0.15) is 0 Å². The first kappa shape index (κ1) is 12.5. The quantitative estimate of drug-likeness (QED) is 0.761. The zero-order valence-corrected chi connectivity index (χ0v) is 10.6. The molecular formula is C12H22N4O. The number of hydrogen-bond donors (Lipinski definition) is 2. The highest BCUT2D eigenvalue weighted by molar-refractivity contribution is 4.96. The predicted octanol–water partition coefficient (Wildman–Crippen LogP) is 0.0576. The van der Waals surface area contributed by atoms with Gasteiger partial charge in [-0.15, -0.1) is 0 Å². The summed E-state index contributed by atoms with van der Waals surface area (Å²) in [7, 11) is 0. The van der Waals surface area contributed by atoms with Crippen LogP contribution in [0, 0.1) is 0 Å². The second kappa shape index (κ2) is 5.62. The number of nitrogens with zero attached hydrogens (tertiary/aromatic N) is 3. The summed E-state index contributed by atoms with van der Waals surface area (Å²) in [5.74, 6) is 1.12. The summed E-state index contributed by atoms with van der Waals surface area (Å²) in [5.41, 5.74) is 0. The van der Waals surface area contributed by atoms with Gasteiger partial charge in [-0.1, -0.05) is 13.8 Å². The standard InChI is InChI=1S/C12H22N4O/c1-10(2)14-11(9-17)7-15-5-6-16-4-3-13-12(16)8-15/h3-4,10-11,14,17H,5-9H2,1-2H3. The Balaban J connectivity index is 1.88. The van der Waals surface area contributed by atoms with E-state index >= 15 is 0 Å². The van der Waals surface area contributed by atoms with Gasteiger partial charge in [0.2, 0.25) is 0 Å². The molecule has 0 aliphatic carbocycles. The zero-order valence-electron chi connectivity index (χ0n) is 10.6. The van der Waals surface area contributed by atoms with E-state index in [0.29, 0.717) is 6.04 Å². The molecule has 5 nitrogen and oxygen atoms in total. The molecule has 1 aliphatic heterocycles. The second-order valence-corrected chi connectivity index (χ2v) is 4.97. The average Bonchev–Trinajstić information content (AvgIpc) is 2.74. The Bertz CT molecular complexity index is 350. The first-order chi connectivity index (χ1) is 8.19. The highest BCUT2D eigenvalue weighted by Gasteiger charge is 2.19. The van der Waals surface area contributed by atoms with Crippen molar-refractivity contribution in [2.75, 3.05) is 19.7 Å². The lowest BCUT2D eigenvalue weighted by Gasteiger charge is -2.31. The van der Waals surface area contributed by atoms with Crippen molar-refractivity contribution in [1.29, 1.82) is 0 Å². The van der Waals surface area contributed by atoms with E-state index in [1.807, 2.05) is 12.4 Å². The van der Waals surface area contributed by atoms with Crippen molar-refractivity contribution < 1.29 is 5.11 Å². The van der Waals surface area contributed by atoms with Crippen LogP contribution in [0.15, 0.2) is 12.4 Å². The Morgan fingerprint density at radius 1 is 1.47 bits per heavy atom. The van der Waals surface area contributed by atoms with Crippen molar-refractivity contribution >= 4 is 0 Å². The van der Waals surface area contributed by atoms with Crippen LogP contribution in [-0.2, 0) is 13.1 Å². The van der Waals surface area contributed by atoms with Gasteiger partial charge in [0.25, 0.3) is 0 Å². The third-order valence-electron chi connectivity index (χ3n) is 3.09. The molecule has 0 spiro atoms. The summed E-state index contributed by atoms with van der Waals surface area (Å²) in [6, 6.07) is 0.551. The van der Waals surface area contributed by atoms with Gasteiger partial charge in [0.15, 0.2) is 0 Å². The maximum Gasteiger partial charge on any atom is 0.122 e. The number of aliphatic hydroxyl groups is 1. The second-order valence-electron chi connectivity index (χ2n) is 4.97. The molecule has 0 amide bonds. The van der Waals surface area contributed by atoms with Gasteiger partial charge < -0.3 is 15.0 Å². The Kier molecular flexibility index (Phi) is 4.15. The number of hydrogen-bond acceptors (Lipinski definition) is 4. The van der Waals surface area contributed by atoms with Gasteiger partial charge in [-0.05, 0) is 0 Å². The minimum atomic E-state index is 0.150. The molecule has 0 radical (unpaired) electrons. The van der Waals surface area contributed by atoms with Crippen LogP contribution < -0.4 is 5.32 Å². The van der Waals surface area contributed by atoms with Crippen LogP contribution in [0.25, 0.3) is 0 Å². The predicted molar refractivity (Wildman–Crippen MR) is 66.6 cm³/mol. The fourth-order valence-corrected chi connectivity index (χ4v) is 2.33. The minimum absolute atomic E-state index is 0.150. The molecule has 1 unspecified atom stereocenters. The Morgan fingerprint density at radius 3 is 3.00 bits per heavy atom. The monoisotopic (exact) mass is 238 g/mol. The molecule has 0 bridgehead atoms. The van der Waals surface area contributed by atoms with Crippen LogP contribution in [0.2, 0.25) is 0 Å². The summed E-state index contributed by atoms with van der Waals surface area (Å²) >= 11 is 0. The summed E-state index contributed by atoms with van der Waals surface area (Å²) in [5, 5.41) is 12.7. The van der Waals surface area contributed by atoms with E-state index in [-0.39, 0.29) is 12.6 Å². The number of rotatable bonds is 5. The van der Waals surface area contributed by atoms with Gasteiger partial charge in [-0.3, -0.25) is 4.90 Å². The number of aromatic nitrogens is 2. The van der Waals surface area contributed by atoms with Crippen molar-refractivity contribution in [2.24, 2.45) is 0 Å². The van der Waals surface area contributed by atoms with Crippen LogP contribution in [0.3, 0.4) is 0 Å². The lowest BCUT2D eigenvalue weighted by atomic mass is 10.2. The Morgan fingerprint density at radius 2 is 2.29 bits per heavy atom. The van der Waals surface area contributed by atoms with Crippen LogP contribution in [-0.4, -0.2) is 51.3 Å². The molecule has 0 saturated heterocycles. The molecule has 1 atom stereocenters. The average molecular weight is 238 g/mol. The third kappa shape index (κ3) is 3.28. The number of imidazole rings is 1. The summed E-state index contributed by atoms with van der Waals surface area (Å²) in [4.78, 5) is 6.69. The van der Waals surface area contributed by atoms with Crippen LogP contribution in [0.4, 0.5) is 0 Å². The Labute approximate surface area is 102 Å². The summed E-state index contributed by atoms with van der Waals surface area (Å²) < 4.78 is 2.19. The van der Waals surface area contributed by atoms with Crippen molar-refractivity contribution in [3.05, 3.63) is 18.2 Å². The van der Waals surface area contributed by atoms with E-state index in [2.05, 4.69) is 33.6 Å². The fourth-order valence-electron chi connectivity index (χ4n) is 2.33. The van der Waals surface area contributed by atoms with Crippen molar-refractivity contribution in [3.8, 4) is 0 Å². The van der Waals surface area contributed by atoms with E-state index in [1.54, 1.807) is 0 Å². The van der Waals surface area contributed by atoms with E-state index in [1.165, 1.54) is 0 Å². The molecule has 0 aromatic carbocycles. The van der Waals surface area contributed by atoms with Gasteiger partial charge >= 0.3 is 0 Å². The maximum atomic E-state index is 9.35. The SMILES string of the molecule is CC(C)NC(CO)CN1CCn2ccnc2C1. The molecule has 17 heavy (non-hydrogen) atoms. The van der Waals surface area contributed by atoms with Crippen LogP contribution in [0.1, 0.15) is 19.7 Å². The molecule has 0 saturated carbocycles. The smallest absolute Gasteiger partial charge is 0.122 e. The van der Waals surface area contributed by atoms with Crippen LogP contribution >= 0.6 is 0 Å². The maximum absolute atomic E-state index is 9.35. The number of nitrogens with one attached hydrogen (secondary N) is 1. The van der Waals surface area contributed by atoms with Crippen molar-refractivity contribution in [1.82, 2.24) is 19.8 Å². The number of aliphatic hydroxyl groups excluding tert-OH is 1. The van der Waals surface area contributed by atoms with Gasteiger partial charge in [-0.25, -0.2) is 4.98 Å². The molecule has 2 rings (SSSR count). The van der Waals surface area contributed by atoms with E-state index in [4.69, 9.17) is 0 Å². The highest BCUT2D eigenvalue weighted by Crippen LogP contribution is 2.10. The summed E-state index contributed by atoms with van der Waals surface area (Å²) in [6.07, 6.45) is 3.89. The molecule has 0 fully saturated rings. The molecule has 1 aromatic heterocycles. The van der Waals surface area contributed by atoms with E-state index in [9.17, 15) is 5.11 Å². The van der Waals surface area contributed by atoms with Gasteiger partial charge in [0.05, 0.1) is 13.2 Å². The molecule has 2 N–H and O–H groups in total. The number of fused-ring (bicyclic) bond motifs is 1. The first-order valence-corrected chi connectivity index (χ1v) is 6.28. The summed E-state index contributed by atoms with van der Waals surface area (Å²) in [6.45, 7) is 8.17. The van der Waals surface area contributed by atoms with Crippen molar-refractivity contribution in [2.45, 2.75) is 39.0 Å². The molecule has 96 valence electrons. The minimum Gasteiger partial charge on any atom is -0.395 e. The topological polar surface area (TPSA) is 53.3 Å². The lowest BCUT2D eigenvalue weighted by molar-refractivity contribution is 0.152. The first-order valence-electron chi connectivity index (χ1n) is 6.28. The normalized spacial score (nSPS) is 18.4. The molecule has 2 heterocycles. The highest BCUT2D eigenvalue weighted by atomic mass is 16.3. The molecule has 5 heteroatoms. The molecular weight excluding hydrogens is 216 g/mol. The fraction of sp³-hybridized carbons (Fsp3) is 0.750. The Hall–Kier alpha value is -0.910. The lowest BCUT2D eigenvalue weighted by Crippen LogP contribution is -2.47. The molecule has 1 aromatic rings. The third-order valence-corrected chi connectivity index (χ3v) is 3.09. The van der Waals surface area contributed by atoms with Gasteiger partial charge in [0, 0.05) is 44.1 Å². The zero-order chi connectivity index (χ0) is 12.3. The van der Waals surface area contributed by atoms with Gasteiger partial charge in [0.1, 0.15) is 5.82 Å². The largest absolute Gasteiger partial charge is 0.395 e. The molecule has 1 aliphatic rings. The van der Waals surface area contributed by atoms with E-state index < -0.39 is 0 Å². The van der Waals surface area contributed by atoms with Crippen LogP contribution in [0.5, 0.6) is 0 Å².